The van der Waals surface area contributed by atoms with Gasteiger partial charge in [-0.25, -0.2) is 4.98 Å². The summed E-state index contributed by atoms with van der Waals surface area (Å²) in [5.74, 6) is 0.999. The van der Waals surface area contributed by atoms with E-state index in [1.54, 1.807) is 25.1 Å². The van der Waals surface area contributed by atoms with Crippen molar-refractivity contribution in [2.75, 3.05) is 7.11 Å². The van der Waals surface area contributed by atoms with Gasteiger partial charge in [-0.1, -0.05) is 11.6 Å². The summed E-state index contributed by atoms with van der Waals surface area (Å²) in [5.41, 5.74) is 2.25. The Labute approximate surface area is 113 Å². The third kappa shape index (κ3) is 1.85. The lowest BCUT2D eigenvalue weighted by Gasteiger charge is -2.10. The van der Waals surface area contributed by atoms with E-state index in [9.17, 15) is 4.79 Å². The van der Waals surface area contributed by atoms with E-state index < -0.39 is 0 Å². The maximum Gasteiger partial charge on any atom is 0.185 e. The molecule has 0 N–H and O–H groups in total. The number of fused-ring (bicyclic) bond motifs is 2. The lowest BCUT2D eigenvalue weighted by atomic mass is 10.1. The minimum atomic E-state index is -0.0710. The van der Waals surface area contributed by atoms with Gasteiger partial charge in [0, 0.05) is 11.6 Å². The monoisotopic (exact) mass is 275 g/mol. The van der Waals surface area contributed by atoms with Gasteiger partial charge in [0.1, 0.15) is 17.0 Å². The molecule has 1 heterocycles. The van der Waals surface area contributed by atoms with Crippen molar-refractivity contribution in [2.45, 2.75) is 6.92 Å². The Hall–Kier alpha value is -2.07. The fourth-order valence-corrected chi connectivity index (χ4v) is 2.20. The Kier molecular flexibility index (Phi) is 2.68. The number of methoxy groups -OCH3 is 1. The second kappa shape index (κ2) is 4.24. The predicted octanol–water partition coefficient (Wildman–Crippen LogP) is 3.26. The SMILES string of the molecule is COc1cc2oc3c(C)c(=O)ccc-3nc2cc1Cl. The van der Waals surface area contributed by atoms with Crippen LogP contribution in [0.25, 0.3) is 22.6 Å². The minimum Gasteiger partial charge on any atom is -0.495 e. The third-order valence-electron chi connectivity index (χ3n) is 3.02. The average molecular weight is 276 g/mol. The quantitative estimate of drug-likeness (QED) is 0.640. The van der Waals surface area contributed by atoms with E-state index in [-0.39, 0.29) is 5.43 Å². The molecule has 3 rings (SSSR count). The third-order valence-corrected chi connectivity index (χ3v) is 3.32. The highest BCUT2D eigenvalue weighted by Crippen LogP contribution is 2.32. The normalized spacial score (nSPS) is 11.1. The average Bonchev–Trinajstić information content (AvgIpc) is 2.41. The molecule has 0 saturated carbocycles. The first kappa shape index (κ1) is 12.0. The number of aromatic nitrogens is 1. The largest absolute Gasteiger partial charge is 0.495 e. The number of hydrogen-bond donors (Lipinski definition) is 0. The van der Waals surface area contributed by atoms with Crippen LogP contribution in [-0.4, -0.2) is 12.1 Å². The molecule has 0 spiro atoms. The number of ether oxygens (including phenoxy) is 1. The van der Waals surface area contributed by atoms with Gasteiger partial charge in [0.25, 0.3) is 0 Å². The van der Waals surface area contributed by atoms with Crippen LogP contribution in [0.1, 0.15) is 5.56 Å². The Morgan fingerprint density at radius 3 is 2.84 bits per heavy atom. The molecule has 0 bridgehead atoms. The van der Waals surface area contributed by atoms with Crippen molar-refractivity contribution in [1.82, 2.24) is 4.98 Å². The molecule has 0 amide bonds. The smallest absolute Gasteiger partial charge is 0.185 e. The summed E-state index contributed by atoms with van der Waals surface area (Å²) in [6.45, 7) is 1.72. The molecule has 0 aromatic heterocycles. The van der Waals surface area contributed by atoms with Crippen LogP contribution in [0.5, 0.6) is 5.75 Å². The maximum atomic E-state index is 11.6. The molecule has 0 fully saturated rings. The summed E-state index contributed by atoms with van der Waals surface area (Å²) >= 11 is 6.05. The first-order valence-electron chi connectivity index (χ1n) is 5.68. The van der Waals surface area contributed by atoms with Gasteiger partial charge in [-0.05, 0) is 25.1 Å². The summed E-state index contributed by atoms with van der Waals surface area (Å²) in [4.78, 5) is 16.1. The molecule has 0 atom stereocenters. The van der Waals surface area contributed by atoms with Gasteiger partial charge < -0.3 is 9.15 Å². The Morgan fingerprint density at radius 2 is 2.11 bits per heavy atom. The summed E-state index contributed by atoms with van der Waals surface area (Å²) in [6.07, 6.45) is 0. The molecule has 1 aromatic carbocycles. The van der Waals surface area contributed by atoms with Crippen molar-refractivity contribution in [3.05, 3.63) is 45.1 Å². The van der Waals surface area contributed by atoms with Gasteiger partial charge in [-0.15, -0.1) is 0 Å². The zero-order chi connectivity index (χ0) is 13.6. The Morgan fingerprint density at radius 1 is 1.32 bits per heavy atom. The van der Waals surface area contributed by atoms with E-state index in [0.29, 0.717) is 38.9 Å². The van der Waals surface area contributed by atoms with Crippen LogP contribution < -0.4 is 10.2 Å². The molecule has 1 aliphatic carbocycles. The summed E-state index contributed by atoms with van der Waals surface area (Å²) in [6, 6.07) is 6.48. The molecular formula is C14H10ClNO3. The van der Waals surface area contributed by atoms with Crippen LogP contribution in [0.15, 0.2) is 33.5 Å². The molecule has 2 aliphatic rings. The van der Waals surface area contributed by atoms with E-state index in [1.165, 1.54) is 13.2 Å². The van der Waals surface area contributed by atoms with Crippen LogP contribution >= 0.6 is 11.6 Å². The lowest BCUT2D eigenvalue weighted by molar-refractivity contribution is 0.414. The topological polar surface area (TPSA) is 52.3 Å². The molecule has 96 valence electrons. The molecule has 0 radical (unpaired) electrons. The van der Waals surface area contributed by atoms with Crippen LogP contribution in [0.3, 0.4) is 0 Å². The first-order valence-corrected chi connectivity index (χ1v) is 6.05. The molecular weight excluding hydrogens is 266 g/mol. The summed E-state index contributed by atoms with van der Waals surface area (Å²) in [7, 11) is 1.53. The van der Waals surface area contributed by atoms with Crippen molar-refractivity contribution >= 4 is 22.7 Å². The van der Waals surface area contributed by atoms with Gasteiger partial charge >= 0.3 is 0 Å². The zero-order valence-electron chi connectivity index (χ0n) is 10.4. The second-order valence-corrected chi connectivity index (χ2v) is 4.61. The highest BCUT2D eigenvalue weighted by Gasteiger charge is 2.15. The maximum absolute atomic E-state index is 11.6. The van der Waals surface area contributed by atoms with Crippen LogP contribution in [0, 0.1) is 6.92 Å². The first-order chi connectivity index (χ1) is 9.10. The highest BCUT2D eigenvalue weighted by molar-refractivity contribution is 6.32. The fraction of sp³-hybridized carbons (Fsp3) is 0.143. The van der Waals surface area contributed by atoms with E-state index in [4.69, 9.17) is 20.8 Å². The van der Waals surface area contributed by atoms with Crippen molar-refractivity contribution in [1.29, 1.82) is 0 Å². The Balaban J connectivity index is 2.43. The molecule has 4 nitrogen and oxygen atoms in total. The standard InChI is InChI=1S/C14H10ClNO3/c1-7-11(17)4-3-9-14(7)19-13-6-12(18-2)8(15)5-10(13)16-9/h3-6H,1-2H3. The number of nitrogens with zero attached hydrogens (tertiary/aromatic N) is 1. The molecule has 5 heteroatoms. The van der Waals surface area contributed by atoms with Crippen LogP contribution in [-0.2, 0) is 0 Å². The van der Waals surface area contributed by atoms with E-state index >= 15 is 0 Å². The molecule has 19 heavy (non-hydrogen) atoms. The molecule has 1 aliphatic heterocycles. The van der Waals surface area contributed by atoms with Crippen molar-refractivity contribution in [3.8, 4) is 17.2 Å². The van der Waals surface area contributed by atoms with E-state index in [0.717, 1.165) is 0 Å². The van der Waals surface area contributed by atoms with Crippen molar-refractivity contribution < 1.29 is 9.15 Å². The molecule has 0 saturated heterocycles. The predicted molar refractivity (Wildman–Crippen MR) is 73.2 cm³/mol. The summed E-state index contributed by atoms with van der Waals surface area (Å²) in [5, 5.41) is 0.467. The molecule has 0 unspecified atom stereocenters. The number of hydrogen-bond acceptors (Lipinski definition) is 4. The summed E-state index contributed by atoms with van der Waals surface area (Å²) < 4.78 is 10.9. The highest BCUT2D eigenvalue weighted by atomic mass is 35.5. The van der Waals surface area contributed by atoms with E-state index in [2.05, 4.69) is 4.98 Å². The molecule has 1 aromatic rings. The van der Waals surface area contributed by atoms with Crippen molar-refractivity contribution in [2.24, 2.45) is 0 Å². The van der Waals surface area contributed by atoms with E-state index in [1.807, 2.05) is 0 Å². The minimum absolute atomic E-state index is 0.0710. The Bertz CT molecular complexity index is 810. The zero-order valence-corrected chi connectivity index (χ0v) is 11.1. The number of halogens is 1. The number of rotatable bonds is 1. The van der Waals surface area contributed by atoms with Gasteiger partial charge in [-0.2, -0.15) is 0 Å². The number of benzene rings is 2. The fourth-order valence-electron chi connectivity index (χ4n) is 1.97. The van der Waals surface area contributed by atoms with Gasteiger partial charge in [0.05, 0.1) is 12.1 Å². The van der Waals surface area contributed by atoms with Crippen molar-refractivity contribution in [3.63, 3.8) is 0 Å². The van der Waals surface area contributed by atoms with Crippen LogP contribution in [0.2, 0.25) is 5.02 Å². The second-order valence-electron chi connectivity index (χ2n) is 4.21. The lowest BCUT2D eigenvalue weighted by Crippen LogP contribution is -2.06. The van der Waals surface area contributed by atoms with Gasteiger partial charge in [0.2, 0.25) is 0 Å². The van der Waals surface area contributed by atoms with Gasteiger partial charge in [0.15, 0.2) is 16.8 Å². The van der Waals surface area contributed by atoms with Gasteiger partial charge in [-0.3, -0.25) is 4.79 Å². The van der Waals surface area contributed by atoms with Crippen LogP contribution in [0.4, 0.5) is 0 Å².